The van der Waals surface area contributed by atoms with Crippen LogP contribution in [0, 0.1) is 11.8 Å². The molecule has 292 valence electrons. The van der Waals surface area contributed by atoms with Crippen molar-refractivity contribution in [3.8, 4) is 0 Å². The highest BCUT2D eigenvalue weighted by molar-refractivity contribution is 6.58. The van der Waals surface area contributed by atoms with Gasteiger partial charge in [0.2, 0.25) is 0 Å². The van der Waals surface area contributed by atoms with Gasteiger partial charge in [0.15, 0.2) is 0 Å². The number of nitrogens with one attached hydrogen (secondary N) is 8. The molecule has 3 aliphatic heterocycles. The Morgan fingerprint density at radius 3 is 0.946 bits per heavy atom. The number of aromatic amines is 2. The van der Waals surface area contributed by atoms with Crippen LogP contribution < -0.4 is 31.9 Å². The van der Waals surface area contributed by atoms with Crippen LogP contribution in [0.4, 0.5) is 23.3 Å². The zero-order chi connectivity index (χ0) is 40.1. The van der Waals surface area contributed by atoms with E-state index < -0.39 is 24.2 Å². The van der Waals surface area contributed by atoms with Gasteiger partial charge < -0.3 is 41.9 Å². The van der Waals surface area contributed by atoms with Crippen molar-refractivity contribution in [2.75, 3.05) is 21.3 Å². The average Bonchev–Trinajstić information content (AvgIpc) is 3.92. The minimum absolute atomic E-state index is 0.00150. The number of hydrogen-bond acceptors (Lipinski definition) is 6. The lowest BCUT2D eigenvalue weighted by atomic mass is 9.93. The number of aromatic nitrogens is 2. The lowest BCUT2D eigenvalue weighted by Gasteiger charge is -2.27. The van der Waals surface area contributed by atoms with Crippen LogP contribution in [0.25, 0.3) is 21.5 Å². The molecule has 4 atom stereocenters. The third-order valence-electron chi connectivity index (χ3n) is 9.77. The Hall–Kier alpha value is -0.600. The molecule has 0 radical (unpaired) electrons. The Balaban J connectivity index is 1.35. The van der Waals surface area contributed by atoms with E-state index in [1.54, 1.807) is 0 Å². The number of anilines is 4. The topological polar surface area (TPSA) is 104 Å². The monoisotopic (exact) mass is 1070 g/mol. The first kappa shape index (κ1) is 40.8. The summed E-state index contributed by atoms with van der Waals surface area (Å²) in [7, 11) is 0. The fourth-order valence-electron chi connectivity index (χ4n) is 7.34. The van der Waals surface area contributed by atoms with Gasteiger partial charge in [0.05, 0.1) is 82.2 Å². The van der Waals surface area contributed by atoms with Crippen molar-refractivity contribution in [2.45, 2.75) is 12.3 Å². The van der Waals surface area contributed by atoms with Crippen molar-refractivity contribution in [2.24, 2.45) is 11.8 Å². The summed E-state index contributed by atoms with van der Waals surface area (Å²) in [6, 6.07) is 0. The standard InChI is InChI=1S/C32H12Cl16N8/c33-9-1-2(10(34)18(42)17(9)41)26-49-25(1)53-27-3-4(12(36)20(44)19(43)11(3)35)29(50-27)55-31-7-8(16(40)24(48)23(47)15(7)39)32(52-31)56-30-6-5(28(51-30)54-26)13(37)21(45)22(46)14(6)38/h1,7,25,31,49-56H. The Labute approximate surface area is 395 Å². The highest BCUT2D eigenvalue weighted by Crippen LogP contribution is 2.56. The van der Waals surface area contributed by atoms with Gasteiger partial charge in [0.1, 0.15) is 47.2 Å². The quantitative estimate of drug-likeness (QED) is 0.0659. The summed E-state index contributed by atoms with van der Waals surface area (Å²) in [4.78, 5) is 6.67. The lowest BCUT2D eigenvalue weighted by Crippen LogP contribution is -2.39. The number of halogens is 16. The summed E-state index contributed by atoms with van der Waals surface area (Å²) < 4.78 is 0. The van der Waals surface area contributed by atoms with Crippen LogP contribution in [0.15, 0.2) is 63.0 Å². The van der Waals surface area contributed by atoms with Crippen LogP contribution in [-0.4, -0.2) is 22.3 Å². The van der Waals surface area contributed by atoms with Gasteiger partial charge in [-0.1, -0.05) is 186 Å². The van der Waals surface area contributed by atoms with Gasteiger partial charge in [0.25, 0.3) is 0 Å². The van der Waals surface area contributed by atoms with Crippen molar-refractivity contribution in [3.05, 3.63) is 103 Å². The van der Waals surface area contributed by atoms with E-state index in [2.05, 4.69) is 41.9 Å². The van der Waals surface area contributed by atoms with Gasteiger partial charge in [-0.2, -0.15) is 0 Å². The Morgan fingerprint density at radius 1 is 0.304 bits per heavy atom. The molecule has 8 bridgehead atoms. The van der Waals surface area contributed by atoms with E-state index in [0.717, 1.165) is 0 Å². The zero-order valence-corrected chi connectivity index (χ0v) is 38.5. The van der Waals surface area contributed by atoms with E-state index in [1.165, 1.54) is 0 Å². The summed E-state index contributed by atoms with van der Waals surface area (Å²) in [5, 5.41) is 22.9. The Bertz CT molecular complexity index is 2570. The van der Waals surface area contributed by atoms with Crippen LogP contribution in [0.1, 0.15) is 0 Å². The molecular weight excluding hydrogens is 1060 g/mol. The largest absolute Gasteiger partial charge is 0.350 e. The van der Waals surface area contributed by atoms with E-state index in [4.69, 9.17) is 186 Å². The van der Waals surface area contributed by atoms with Crippen LogP contribution in [-0.2, 0) is 0 Å². The van der Waals surface area contributed by atoms with Crippen molar-refractivity contribution >= 4 is 230 Å². The van der Waals surface area contributed by atoms with Crippen LogP contribution in [0.2, 0.25) is 40.2 Å². The summed E-state index contributed by atoms with van der Waals surface area (Å²) >= 11 is 109. The van der Waals surface area contributed by atoms with Crippen molar-refractivity contribution in [1.29, 1.82) is 0 Å². The zero-order valence-electron chi connectivity index (χ0n) is 26.4. The molecule has 0 saturated heterocycles. The number of benzene rings is 2. The highest BCUT2D eigenvalue weighted by Gasteiger charge is 2.47. The van der Waals surface area contributed by atoms with Crippen LogP contribution >= 0.6 is 186 Å². The molecule has 5 heterocycles. The second-order valence-corrected chi connectivity index (χ2v) is 18.8. The molecular formula is C32H12Cl16N8. The molecule has 8 nitrogen and oxygen atoms in total. The van der Waals surface area contributed by atoms with Crippen molar-refractivity contribution in [3.63, 3.8) is 0 Å². The molecule has 0 fully saturated rings. The molecule has 0 spiro atoms. The first-order chi connectivity index (χ1) is 26.4. The molecule has 2 aliphatic carbocycles. The summed E-state index contributed by atoms with van der Waals surface area (Å²) in [5.41, 5.74) is 0.875. The first-order valence-corrected chi connectivity index (χ1v) is 21.5. The van der Waals surface area contributed by atoms with E-state index in [0.29, 0.717) is 56.0 Å². The lowest BCUT2D eigenvalue weighted by molar-refractivity contribution is 0.580. The predicted molar refractivity (Wildman–Crippen MR) is 241 cm³/mol. The number of fused-ring (bicyclic) bond motifs is 18. The molecule has 9 rings (SSSR count). The summed E-state index contributed by atoms with van der Waals surface area (Å²) in [5.74, 6) is 0.381. The van der Waals surface area contributed by atoms with Gasteiger partial charge >= 0.3 is 0 Å². The van der Waals surface area contributed by atoms with Gasteiger partial charge in [-0.3, -0.25) is 0 Å². The maximum Gasteiger partial charge on any atom is 0.120 e. The number of hydrogen-bond donors (Lipinski definition) is 8. The molecule has 0 saturated carbocycles. The number of allylic oxidation sites excluding steroid dienone is 6. The minimum atomic E-state index is -0.805. The number of H-pyrrole nitrogens is 2. The molecule has 4 unspecified atom stereocenters. The number of rotatable bonds is 0. The fraction of sp³-hybridized carbons (Fsp3) is 0.125. The highest BCUT2D eigenvalue weighted by atomic mass is 35.5. The molecule has 4 aromatic rings. The molecule has 0 amide bonds. The van der Waals surface area contributed by atoms with E-state index in [-0.39, 0.29) is 92.1 Å². The Kier molecular flexibility index (Phi) is 10.6. The van der Waals surface area contributed by atoms with Gasteiger partial charge in [-0.15, -0.1) is 0 Å². The van der Waals surface area contributed by atoms with E-state index in [9.17, 15) is 0 Å². The van der Waals surface area contributed by atoms with E-state index in [1.807, 2.05) is 0 Å². The smallest absolute Gasteiger partial charge is 0.120 e. The molecule has 56 heavy (non-hydrogen) atoms. The Morgan fingerprint density at radius 2 is 0.607 bits per heavy atom. The third kappa shape index (κ3) is 5.77. The molecule has 2 aromatic heterocycles. The summed E-state index contributed by atoms with van der Waals surface area (Å²) in [6.45, 7) is 0. The SMILES string of the molecule is ClC1=C(Cl)C2=C3Nc4[nH]c(c5c(Cl)c(Cl)c(Cl)c(Cl)c45)NC4=C5C(Cl)=C(Cl)C(Cl)=C(Cl)C5C(N4)Nc4[nH]c(c5c(Cl)c(Cl)c(Cl)c(Cl)c45)NC(N3)C2C(Cl)=C1Cl. The summed E-state index contributed by atoms with van der Waals surface area (Å²) in [6.07, 6.45) is -1.61. The maximum absolute atomic E-state index is 6.97. The van der Waals surface area contributed by atoms with Gasteiger partial charge in [0, 0.05) is 42.8 Å². The first-order valence-electron chi connectivity index (χ1n) is 15.5. The van der Waals surface area contributed by atoms with Gasteiger partial charge in [-0.25, -0.2) is 0 Å². The maximum atomic E-state index is 6.97. The molecule has 24 heteroatoms. The van der Waals surface area contributed by atoms with E-state index >= 15 is 0 Å². The van der Waals surface area contributed by atoms with Crippen LogP contribution in [0.3, 0.4) is 0 Å². The van der Waals surface area contributed by atoms with Crippen LogP contribution in [0.5, 0.6) is 0 Å². The minimum Gasteiger partial charge on any atom is -0.350 e. The second-order valence-electron chi connectivity index (χ2n) is 12.7. The van der Waals surface area contributed by atoms with Crippen molar-refractivity contribution < 1.29 is 0 Å². The molecule has 2 aromatic carbocycles. The molecule has 5 aliphatic rings. The normalized spacial score (nSPS) is 23.4. The van der Waals surface area contributed by atoms with Gasteiger partial charge in [-0.05, 0) is 0 Å². The van der Waals surface area contributed by atoms with Crippen molar-refractivity contribution in [1.82, 2.24) is 20.6 Å². The third-order valence-corrected chi connectivity index (χ3v) is 17.1. The molecule has 8 N–H and O–H groups in total. The second kappa shape index (κ2) is 14.5. The average molecular weight is 1080 g/mol. The predicted octanol–water partition coefficient (Wildman–Crippen LogP) is 15.5. The fourth-order valence-corrected chi connectivity index (χ4v) is 11.7.